The number of methoxy groups -OCH3 is 1. The number of fused-ring (bicyclic) bond motifs is 1. The van der Waals surface area contributed by atoms with Gasteiger partial charge in [0.25, 0.3) is 5.91 Å². The van der Waals surface area contributed by atoms with E-state index in [9.17, 15) is 9.59 Å². The van der Waals surface area contributed by atoms with Crippen LogP contribution in [-0.4, -0.2) is 25.6 Å². The molecule has 5 heteroatoms. The topological polar surface area (TPSA) is 64.6 Å². The Labute approximate surface area is 151 Å². The number of nitrogens with one attached hydrogen (secondary N) is 1. The zero-order valence-electron chi connectivity index (χ0n) is 14.4. The summed E-state index contributed by atoms with van der Waals surface area (Å²) < 4.78 is 10.2. The van der Waals surface area contributed by atoms with E-state index >= 15 is 0 Å². The van der Waals surface area contributed by atoms with E-state index in [1.54, 1.807) is 19.2 Å². The number of carbonyl (C=O) groups is 2. The Morgan fingerprint density at radius 2 is 1.65 bits per heavy atom. The fourth-order valence-corrected chi connectivity index (χ4v) is 2.53. The summed E-state index contributed by atoms with van der Waals surface area (Å²) in [7, 11) is 1.60. The lowest BCUT2D eigenvalue weighted by Gasteiger charge is -2.08. The largest absolute Gasteiger partial charge is 0.497 e. The standard InChI is InChI=1S/C21H19NO4/c1-25-19-10-6-15(7-11-19)13-22-20(23)14-26-21(24)18-9-8-16-4-2-3-5-17(16)12-18/h2-12H,13-14H2,1H3,(H,22,23). The summed E-state index contributed by atoms with van der Waals surface area (Å²) in [6.07, 6.45) is 0. The molecule has 0 bridgehead atoms. The predicted molar refractivity (Wildman–Crippen MR) is 99.1 cm³/mol. The first kappa shape index (κ1) is 17.5. The van der Waals surface area contributed by atoms with Crippen molar-refractivity contribution in [1.29, 1.82) is 0 Å². The molecule has 0 radical (unpaired) electrons. The Balaban J connectivity index is 1.50. The lowest BCUT2D eigenvalue weighted by Crippen LogP contribution is -2.28. The molecular weight excluding hydrogens is 330 g/mol. The average molecular weight is 349 g/mol. The third kappa shape index (κ3) is 4.39. The third-order valence-electron chi connectivity index (χ3n) is 3.97. The van der Waals surface area contributed by atoms with E-state index in [4.69, 9.17) is 9.47 Å². The second-order valence-corrected chi connectivity index (χ2v) is 5.76. The van der Waals surface area contributed by atoms with Crippen molar-refractivity contribution in [3.8, 4) is 5.75 Å². The monoisotopic (exact) mass is 349 g/mol. The average Bonchev–Trinajstić information content (AvgIpc) is 2.70. The van der Waals surface area contributed by atoms with Crippen LogP contribution < -0.4 is 10.1 Å². The number of carbonyl (C=O) groups excluding carboxylic acids is 2. The SMILES string of the molecule is COc1ccc(CNC(=O)COC(=O)c2ccc3ccccc3c2)cc1. The van der Waals surface area contributed by atoms with Crippen molar-refractivity contribution in [2.24, 2.45) is 0 Å². The molecule has 0 aliphatic carbocycles. The van der Waals surface area contributed by atoms with Crippen LogP contribution in [0.15, 0.2) is 66.7 Å². The van der Waals surface area contributed by atoms with Gasteiger partial charge in [-0.25, -0.2) is 4.79 Å². The summed E-state index contributed by atoms with van der Waals surface area (Å²) in [5, 5.41) is 4.71. The van der Waals surface area contributed by atoms with Gasteiger partial charge in [-0.1, -0.05) is 42.5 Å². The number of hydrogen-bond donors (Lipinski definition) is 1. The maximum absolute atomic E-state index is 12.1. The molecule has 3 aromatic carbocycles. The molecule has 26 heavy (non-hydrogen) atoms. The van der Waals surface area contributed by atoms with Crippen LogP contribution in [0, 0.1) is 0 Å². The molecule has 0 aliphatic heterocycles. The first-order valence-corrected chi connectivity index (χ1v) is 8.21. The highest BCUT2D eigenvalue weighted by Crippen LogP contribution is 2.16. The Morgan fingerprint density at radius 1 is 0.923 bits per heavy atom. The summed E-state index contributed by atoms with van der Waals surface area (Å²) in [6, 6.07) is 20.4. The van der Waals surface area contributed by atoms with Crippen molar-refractivity contribution in [3.05, 3.63) is 77.9 Å². The number of hydrogen-bond acceptors (Lipinski definition) is 4. The van der Waals surface area contributed by atoms with Gasteiger partial charge < -0.3 is 14.8 Å². The highest BCUT2D eigenvalue weighted by Gasteiger charge is 2.10. The molecule has 0 saturated heterocycles. The van der Waals surface area contributed by atoms with Crippen molar-refractivity contribution in [2.75, 3.05) is 13.7 Å². The fraction of sp³-hybridized carbons (Fsp3) is 0.143. The van der Waals surface area contributed by atoms with Gasteiger partial charge in [-0.3, -0.25) is 4.79 Å². The maximum Gasteiger partial charge on any atom is 0.338 e. The zero-order valence-corrected chi connectivity index (χ0v) is 14.4. The predicted octanol–water partition coefficient (Wildman–Crippen LogP) is 3.32. The summed E-state index contributed by atoms with van der Waals surface area (Å²) in [5.74, 6) is -0.116. The number of rotatable bonds is 6. The van der Waals surface area contributed by atoms with Gasteiger partial charge in [-0.2, -0.15) is 0 Å². The lowest BCUT2D eigenvalue weighted by molar-refractivity contribution is -0.124. The van der Waals surface area contributed by atoms with E-state index in [0.717, 1.165) is 22.1 Å². The molecule has 1 N–H and O–H groups in total. The molecule has 0 saturated carbocycles. The molecule has 0 spiro atoms. The zero-order chi connectivity index (χ0) is 18.4. The number of esters is 1. The molecule has 0 aliphatic rings. The Hall–Kier alpha value is -3.34. The van der Waals surface area contributed by atoms with Crippen molar-refractivity contribution in [1.82, 2.24) is 5.32 Å². The van der Waals surface area contributed by atoms with Gasteiger partial charge in [0.2, 0.25) is 0 Å². The normalized spacial score (nSPS) is 10.3. The minimum absolute atomic E-state index is 0.318. The summed E-state index contributed by atoms with van der Waals surface area (Å²) in [5.41, 5.74) is 1.35. The van der Waals surface area contributed by atoms with Gasteiger partial charge in [0, 0.05) is 6.54 Å². The number of benzene rings is 3. The minimum atomic E-state index is -0.518. The molecule has 0 heterocycles. The van der Waals surface area contributed by atoms with E-state index in [2.05, 4.69) is 5.32 Å². The second-order valence-electron chi connectivity index (χ2n) is 5.76. The molecule has 3 aromatic rings. The van der Waals surface area contributed by atoms with Crippen molar-refractivity contribution in [3.63, 3.8) is 0 Å². The van der Waals surface area contributed by atoms with Crippen LogP contribution in [0.3, 0.4) is 0 Å². The van der Waals surface area contributed by atoms with Crippen LogP contribution in [0.2, 0.25) is 0 Å². The molecule has 3 rings (SSSR count). The first-order chi connectivity index (χ1) is 12.7. The summed E-state index contributed by atoms with van der Waals surface area (Å²) >= 11 is 0. The van der Waals surface area contributed by atoms with Gasteiger partial charge in [-0.05, 0) is 40.6 Å². The van der Waals surface area contributed by atoms with Crippen LogP contribution >= 0.6 is 0 Å². The van der Waals surface area contributed by atoms with E-state index < -0.39 is 5.97 Å². The highest BCUT2D eigenvalue weighted by atomic mass is 16.5. The van der Waals surface area contributed by atoms with Gasteiger partial charge >= 0.3 is 5.97 Å². The van der Waals surface area contributed by atoms with E-state index in [1.807, 2.05) is 54.6 Å². The van der Waals surface area contributed by atoms with Crippen LogP contribution in [0.5, 0.6) is 5.75 Å². The van der Waals surface area contributed by atoms with Crippen LogP contribution in [0.25, 0.3) is 10.8 Å². The first-order valence-electron chi connectivity index (χ1n) is 8.21. The molecular formula is C21H19NO4. The highest BCUT2D eigenvalue weighted by molar-refractivity contribution is 5.96. The van der Waals surface area contributed by atoms with Crippen molar-refractivity contribution in [2.45, 2.75) is 6.54 Å². The van der Waals surface area contributed by atoms with Gasteiger partial charge in [0.05, 0.1) is 12.7 Å². The van der Waals surface area contributed by atoms with E-state index in [1.165, 1.54) is 0 Å². The smallest absolute Gasteiger partial charge is 0.338 e. The minimum Gasteiger partial charge on any atom is -0.497 e. The quantitative estimate of drug-likeness (QED) is 0.694. The van der Waals surface area contributed by atoms with Crippen molar-refractivity contribution < 1.29 is 19.1 Å². The molecule has 0 aromatic heterocycles. The molecule has 1 amide bonds. The van der Waals surface area contributed by atoms with Crippen molar-refractivity contribution >= 4 is 22.6 Å². The number of ether oxygens (including phenoxy) is 2. The Bertz CT molecular complexity index is 919. The molecule has 5 nitrogen and oxygen atoms in total. The Kier molecular flexibility index (Phi) is 5.49. The van der Waals surface area contributed by atoms with Gasteiger partial charge in [0.15, 0.2) is 6.61 Å². The van der Waals surface area contributed by atoms with Crippen LogP contribution in [0.4, 0.5) is 0 Å². The van der Waals surface area contributed by atoms with Gasteiger partial charge in [-0.15, -0.1) is 0 Å². The second kappa shape index (κ2) is 8.16. The van der Waals surface area contributed by atoms with Crippen LogP contribution in [0.1, 0.15) is 15.9 Å². The summed E-state index contributed by atoms with van der Waals surface area (Å²) in [4.78, 5) is 24.0. The summed E-state index contributed by atoms with van der Waals surface area (Å²) in [6.45, 7) is 0.0398. The molecule has 0 atom stereocenters. The van der Waals surface area contributed by atoms with E-state index in [0.29, 0.717) is 12.1 Å². The Morgan fingerprint density at radius 3 is 2.38 bits per heavy atom. The third-order valence-corrected chi connectivity index (χ3v) is 3.97. The molecule has 132 valence electrons. The molecule has 0 unspecified atom stereocenters. The fourth-order valence-electron chi connectivity index (χ4n) is 2.53. The van der Waals surface area contributed by atoms with E-state index in [-0.39, 0.29) is 12.5 Å². The number of amides is 1. The van der Waals surface area contributed by atoms with Gasteiger partial charge in [0.1, 0.15) is 5.75 Å². The lowest BCUT2D eigenvalue weighted by atomic mass is 10.1. The van der Waals surface area contributed by atoms with Crippen LogP contribution in [-0.2, 0) is 16.1 Å². The molecule has 0 fully saturated rings. The maximum atomic E-state index is 12.1.